The Morgan fingerprint density at radius 1 is 0.730 bits per heavy atom. The molecule has 0 unspecified atom stereocenters. The van der Waals surface area contributed by atoms with Gasteiger partial charge in [-0.15, -0.1) is 0 Å². The maximum atomic E-state index is 6.62. The van der Waals surface area contributed by atoms with Crippen LogP contribution >= 0.6 is 0 Å². The van der Waals surface area contributed by atoms with Crippen LogP contribution in [0.25, 0.3) is 0 Å². The van der Waals surface area contributed by atoms with Crippen LogP contribution in [-0.4, -0.2) is 36.3 Å². The largest absolute Gasteiger partial charge is 0.368 e. The quantitative estimate of drug-likeness (QED) is 0.266. The fourth-order valence-electron chi connectivity index (χ4n) is 4.69. The predicted octanol–water partition coefficient (Wildman–Crippen LogP) is 6.47. The summed E-state index contributed by atoms with van der Waals surface area (Å²) < 4.78 is 32.6. The second kappa shape index (κ2) is 13.1. The second-order valence-electron chi connectivity index (χ2n) is 9.65. The van der Waals surface area contributed by atoms with Crippen LogP contribution in [0.5, 0.6) is 0 Å². The van der Waals surface area contributed by atoms with Crippen molar-refractivity contribution >= 4 is 0 Å². The lowest BCUT2D eigenvalue weighted by atomic mass is 9.91. The summed E-state index contributed by atoms with van der Waals surface area (Å²) in [5.74, 6) is -1.20. The topological polar surface area (TPSA) is 46.2 Å². The highest BCUT2D eigenvalue weighted by molar-refractivity contribution is 5.17. The summed E-state index contributed by atoms with van der Waals surface area (Å²) in [5, 5.41) is 0. The van der Waals surface area contributed by atoms with Crippen molar-refractivity contribution in [1.82, 2.24) is 0 Å². The van der Waals surface area contributed by atoms with Crippen LogP contribution in [0.2, 0.25) is 0 Å². The average molecular weight is 503 g/mol. The van der Waals surface area contributed by atoms with Gasteiger partial charge >= 0.3 is 0 Å². The lowest BCUT2D eigenvalue weighted by Crippen LogP contribution is -2.66. The van der Waals surface area contributed by atoms with Gasteiger partial charge in [-0.1, -0.05) is 97.6 Å². The van der Waals surface area contributed by atoms with Crippen LogP contribution in [0.1, 0.15) is 37.5 Å². The van der Waals surface area contributed by atoms with Crippen molar-refractivity contribution in [3.8, 4) is 0 Å². The highest BCUT2D eigenvalue weighted by Gasteiger charge is 2.55. The van der Waals surface area contributed by atoms with Gasteiger partial charge < -0.3 is 23.7 Å². The number of benzene rings is 3. The Morgan fingerprint density at radius 2 is 1.16 bits per heavy atom. The van der Waals surface area contributed by atoms with E-state index in [1.54, 1.807) is 6.08 Å². The maximum Gasteiger partial charge on any atom is 0.218 e. The van der Waals surface area contributed by atoms with Gasteiger partial charge in [-0.3, -0.25) is 0 Å². The Bertz CT molecular complexity index is 1070. The SMILES string of the molecule is C=C[C@@]1(OC(C)C)O[C@@H](C)[C@@H](OCc2ccccc2)[C@@H](OCc2ccccc2)[C@@H]1OCc1ccccc1. The van der Waals surface area contributed by atoms with Gasteiger partial charge in [-0.25, -0.2) is 0 Å². The summed E-state index contributed by atoms with van der Waals surface area (Å²) in [5.41, 5.74) is 3.20. The lowest BCUT2D eigenvalue weighted by molar-refractivity contribution is -0.363. The van der Waals surface area contributed by atoms with E-state index in [1.807, 2.05) is 112 Å². The van der Waals surface area contributed by atoms with Crippen LogP contribution in [0, 0.1) is 0 Å². The molecule has 5 nitrogen and oxygen atoms in total. The molecule has 3 aromatic carbocycles. The molecule has 37 heavy (non-hydrogen) atoms. The third-order valence-electron chi connectivity index (χ3n) is 6.40. The molecule has 5 atom stereocenters. The van der Waals surface area contributed by atoms with Gasteiger partial charge in [0.15, 0.2) is 0 Å². The highest BCUT2D eigenvalue weighted by atomic mass is 16.7. The Labute approximate surface area is 221 Å². The van der Waals surface area contributed by atoms with Crippen molar-refractivity contribution in [2.75, 3.05) is 0 Å². The second-order valence-corrected chi connectivity index (χ2v) is 9.65. The Kier molecular flexibility index (Phi) is 9.67. The van der Waals surface area contributed by atoms with E-state index in [4.69, 9.17) is 23.7 Å². The molecular formula is C32H38O5. The van der Waals surface area contributed by atoms with Gasteiger partial charge in [0.05, 0.1) is 32.0 Å². The predicted molar refractivity (Wildman–Crippen MR) is 145 cm³/mol. The minimum absolute atomic E-state index is 0.121. The zero-order valence-electron chi connectivity index (χ0n) is 22.0. The third kappa shape index (κ3) is 7.16. The van der Waals surface area contributed by atoms with Crippen LogP contribution in [0.4, 0.5) is 0 Å². The molecule has 1 aliphatic heterocycles. The molecule has 1 aliphatic rings. The minimum atomic E-state index is -1.20. The van der Waals surface area contributed by atoms with Gasteiger partial charge in [0.2, 0.25) is 5.79 Å². The molecule has 0 radical (unpaired) electrons. The van der Waals surface area contributed by atoms with Crippen molar-refractivity contribution in [2.45, 2.75) is 76.9 Å². The van der Waals surface area contributed by atoms with Crippen molar-refractivity contribution in [1.29, 1.82) is 0 Å². The maximum absolute atomic E-state index is 6.62. The van der Waals surface area contributed by atoms with Crippen LogP contribution < -0.4 is 0 Å². The number of hydrogen-bond donors (Lipinski definition) is 0. The summed E-state index contributed by atoms with van der Waals surface area (Å²) >= 11 is 0. The van der Waals surface area contributed by atoms with E-state index in [-0.39, 0.29) is 12.2 Å². The average Bonchev–Trinajstić information content (AvgIpc) is 2.92. The molecule has 196 valence electrons. The third-order valence-corrected chi connectivity index (χ3v) is 6.40. The summed E-state index contributed by atoms with van der Waals surface area (Å²) in [6.07, 6.45) is -0.247. The van der Waals surface area contributed by atoms with E-state index in [9.17, 15) is 0 Å². The molecule has 0 spiro atoms. The fourth-order valence-corrected chi connectivity index (χ4v) is 4.69. The molecule has 0 aromatic heterocycles. The minimum Gasteiger partial charge on any atom is -0.368 e. The van der Waals surface area contributed by atoms with Gasteiger partial charge in [-0.2, -0.15) is 0 Å². The van der Waals surface area contributed by atoms with Gasteiger partial charge in [0, 0.05) is 0 Å². The molecule has 3 aromatic rings. The van der Waals surface area contributed by atoms with E-state index in [0.717, 1.165) is 16.7 Å². The van der Waals surface area contributed by atoms with E-state index >= 15 is 0 Å². The highest BCUT2D eigenvalue weighted by Crippen LogP contribution is 2.39. The van der Waals surface area contributed by atoms with Crippen LogP contribution in [-0.2, 0) is 43.5 Å². The Morgan fingerprint density at radius 3 is 1.59 bits per heavy atom. The lowest BCUT2D eigenvalue weighted by Gasteiger charge is -2.51. The number of ether oxygens (including phenoxy) is 5. The van der Waals surface area contributed by atoms with E-state index in [2.05, 4.69) is 6.58 Å². The van der Waals surface area contributed by atoms with Crippen LogP contribution in [0.3, 0.4) is 0 Å². The molecular weight excluding hydrogens is 464 g/mol. The molecule has 5 heteroatoms. The van der Waals surface area contributed by atoms with Crippen LogP contribution in [0.15, 0.2) is 104 Å². The first kappa shape index (κ1) is 27.2. The summed E-state index contributed by atoms with van der Waals surface area (Å²) in [6, 6.07) is 30.3. The van der Waals surface area contributed by atoms with Crippen molar-refractivity contribution in [3.63, 3.8) is 0 Å². The Balaban J connectivity index is 1.65. The number of rotatable bonds is 12. The molecule has 0 saturated carbocycles. The molecule has 0 bridgehead atoms. The molecule has 0 aliphatic carbocycles. The smallest absolute Gasteiger partial charge is 0.218 e. The number of hydrogen-bond acceptors (Lipinski definition) is 5. The summed E-state index contributed by atoms with van der Waals surface area (Å²) in [6.45, 7) is 11.2. The monoisotopic (exact) mass is 502 g/mol. The standard InChI is InChI=1S/C32H38O5/c1-5-32(36-24(2)3)31(35-23-28-19-13-8-14-20-28)30(34-22-27-17-11-7-12-18-27)29(25(4)37-32)33-21-26-15-9-6-10-16-26/h5-20,24-25,29-31H,1,21-23H2,2-4H3/t25-,29+,30+,31-,32+/m0/s1. The molecule has 4 rings (SSSR count). The fraction of sp³-hybridized carbons (Fsp3) is 0.375. The summed E-state index contributed by atoms with van der Waals surface area (Å²) in [4.78, 5) is 0. The molecule has 1 heterocycles. The van der Waals surface area contributed by atoms with Gasteiger partial charge in [0.1, 0.15) is 18.3 Å². The van der Waals surface area contributed by atoms with Gasteiger partial charge in [-0.05, 0) is 43.5 Å². The van der Waals surface area contributed by atoms with Crippen molar-refractivity contribution in [2.24, 2.45) is 0 Å². The first-order valence-electron chi connectivity index (χ1n) is 13.0. The zero-order chi connectivity index (χ0) is 26.1. The van der Waals surface area contributed by atoms with Crippen molar-refractivity contribution < 1.29 is 23.7 Å². The normalized spacial score (nSPS) is 25.7. The van der Waals surface area contributed by atoms with E-state index < -0.39 is 24.1 Å². The van der Waals surface area contributed by atoms with Crippen molar-refractivity contribution in [3.05, 3.63) is 120 Å². The van der Waals surface area contributed by atoms with E-state index in [0.29, 0.717) is 19.8 Å². The first-order valence-corrected chi connectivity index (χ1v) is 13.0. The molecule has 1 saturated heterocycles. The van der Waals surface area contributed by atoms with Gasteiger partial charge in [0.25, 0.3) is 0 Å². The Hall–Kier alpha value is -2.80. The summed E-state index contributed by atoms with van der Waals surface area (Å²) in [7, 11) is 0. The van der Waals surface area contributed by atoms with E-state index in [1.165, 1.54) is 0 Å². The zero-order valence-corrected chi connectivity index (χ0v) is 22.0. The molecule has 1 fully saturated rings. The molecule has 0 N–H and O–H groups in total. The first-order chi connectivity index (χ1) is 18.0. The molecule has 0 amide bonds.